The number of rotatable bonds is 1. The standard InChI is InChI=1S/C19H18O2/c1-19(2,3)17-6-4-5-15(13-17)8-7-14-9-11-16(12-10-14)18(20)21/h4-6,9-13H,1-3H3,(H,20,21). The summed E-state index contributed by atoms with van der Waals surface area (Å²) >= 11 is 0. The minimum atomic E-state index is -0.924. The third kappa shape index (κ3) is 3.97. The van der Waals surface area contributed by atoms with Gasteiger partial charge in [0.25, 0.3) is 0 Å². The number of carbonyl (C=O) groups is 1. The Kier molecular flexibility index (Phi) is 4.14. The van der Waals surface area contributed by atoms with Gasteiger partial charge >= 0.3 is 5.97 Å². The van der Waals surface area contributed by atoms with Crippen LogP contribution < -0.4 is 0 Å². The predicted molar refractivity (Wildman–Crippen MR) is 84.5 cm³/mol. The highest BCUT2D eigenvalue weighted by Crippen LogP contribution is 2.22. The van der Waals surface area contributed by atoms with E-state index in [1.807, 2.05) is 12.1 Å². The van der Waals surface area contributed by atoms with Gasteiger partial charge in [-0.15, -0.1) is 0 Å². The maximum atomic E-state index is 10.8. The lowest BCUT2D eigenvalue weighted by Gasteiger charge is -2.18. The molecule has 2 nitrogen and oxygen atoms in total. The van der Waals surface area contributed by atoms with E-state index >= 15 is 0 Å². The van der Waals surface area contributed by atoms with Crippen molar-refractivity contribution in [3.63, 3.8) is 0 Å². The van der Waals surface area contributed by atoms with Gasteiger partial charge in [0.05, 0.1) is 5.56 Å². The SMILES string of the molecule is CC(C)(C)c1cccc(C#Cc2ccc(C(=O)O)cc2)c1. The molecule has 0 spiro atoms. The second kappa shape index (κ2) is 5.85. The van der Waals surface area contributed by atoms with Crippen LogP contribution in [0.15, 0.2) is 48.5 Å². The van der Waals surface area contributed by atoms with Gasteiger partial charge in [-0.2, -0.15) is 0 Å². The van der Waals surface area contributed by atoms with E-state index in [2.05, 4.69) is 44.7 Å². The van der Waals surface area contributed by atoms with E-state index in [0.29, 0.717) is 0 Å². The summed E-state index contributed by atoms with van der Waals surface area (Å²) in [4.78, 5) is 10.8. The zero-order valence-corrected chi connectivity index (χ0v) is 12.5. The fourth-order valence-corrected chi connectivity index (χ4v) is 1.90. The fraction of sp³-hybridized carbons (Fsp3) is 0.211. The van der Waals surface area contributed by atoms with Crippen LogP contribution in [0.2, 0.25) is 0 Å². The second-order valence-electron chi connectivity index (χ2n) is 5.96. The summed E-state index contributed by atoms with van der Waals surface area (Å²) in [6.45, 7) is 6.51. The van der Waals surface area contributed by atoms with Crippen LogP contribution in [0.1, 0.15) is 47.8 Å². The van der Waals surface area contributed by atoms with Crippen molar-refractivity contribution in [3.05, 3.63) is 70.8 Å². The van der Waals surface area contributed by atoms with E-state index < -0.39 is 5.97 Å². The molecule has 2 heteroatoms. The Morgan fingerprint density at radius 1 is 0.952 bits per heavy atom. The van der Waals surface area contributed by atoms with Crippen molar-refractivity contribution >= 4 is 5.97 Å². The molecule has 106 valence electrons. The Balaban J connectivity index is 2.25. The van der Waals surface area contributed by atoms with Crippen LogP contribution in [0.5, 0.6) is 0 Å². The Morgan fingerprint density at radius 3 is 2.14 bits per heavy atom. The lowest BCUT2D eigenvalue weighted by atomic mass is 9.86. The van der Waals surface area contributed by atoms with Crippen LogP contribution in [-0.2, 0) is 5.41 Å². The van der Waals surface area contributed by atoms with Gasteiger partial charge in [0.2, 0.25) is 0 Å². The molecule has 0 saturated heterocycles. The van der Waals surface area contributed by atoms with Gasteiger partial charge < -0.3 is 5.11 Å². The first-order chi connectivity index (χ1) is 9.86. The zero-order valence-electron chi connectivity index (χ0n) is 12.5. The van der Waals surface area contributed by atoms with Crippen molar-refractivity contribution in [2.45, 2.75) is 26.2 Å². The second-order valence-corrected chi connectivity index (χ2v) is 5.96. The first-order valence-electron chi connectivity index (χ1n) is 6.82. The minimum Gasteiger partial charge on any atom is -0.478 e. The molecule has 0 unspecified atom stereocenters. The molecule has 0 saturated carbocycles. The summed E-state index contributed by atoms with van der Waals surface area (Å²) < 4.78 is 0. The number of hydrogen-bond donors (Lipinski definition) is 1. The van der Waals surface area contributed by atoms with Gasteiger partial charge in [-0.3, -0.25) is 0 Å². The molecule has 0 amide bonds. The maximum absolute atomic E-state index is 10.8. The monoisotopic (exact) mass is 278 g/mol. The highest BCUT2D eigenvalue weighted by molar-refractivity contribution is 5.87. The van der Waals surface area contributed by atoms with Crippen molar-refractivity contribution < 1.29 is 9.90 Å². The Labute approximate surface area is 125 Å². The molecule has 2 aromatic carbocycles. The van der Waals surface area contributed by atoms with Crippen LogP contribution in [-0.4, -0.2) is 11.1 Å². The largest absolute Gasteiger partial charge is 0.478 e. The molecular weight excluding hydrogens is 260 g/mol. The lowest BCUT2D eigenvalue weighted by Crippen LogP contribution is -2.10. The van der Waals surface area contributed by atoms with Crippen molar-refractivity contribution in [1.29, 1.82) is 0 Å². The van der Waals surface area contributed by atoms with Crippen LogP contribution in [0.4, 0.5) is 0 Å². The van der Waals surface area contributed by atoms with E-state index in [4.69, 9.17) is 5.11 Å². The van der Waals surface area contributed by atoms with E-state index in [0.717, 1.165) is 11.1 Å². The molecule has 0 fully saturated rings. The smallest absolute Gasteiger partial charge is 0.335 e. The molecule has 0 radical (unpaired) electrons. The maximum Gasteiger partial charge on any atom is 0.335 e. The lowest BCUT2D eigenvalue weighted by molar-refractivity contribution is 0.0697. The van der Waals surface area contributed by atoms with Gasteiger partial charge in [-0.25, -0.2) is 4.79 Å². The van der Waals surface area contributed by atoms with Gasteiger partial charge in [0, 0.05) is 11.1 Å². The van der Waals surface area contributed by atoms with Crippen molar-refractivity contribution in [2.75, 3.05) is 0 Å². The summed E-state index contributed by atoms with van der Waals surface area (Å²) in [5, 5.41) is 8.85. The molecular formula is C19H18O2. The minimum absolute atomic E-state index is 0.0980. The molecule has 21 heavy (non-hydrogen) atoms. The fourth-order valence-electron chi connectivity index (χ4n) is 1.90. The van der Waals surface area contributed by atoms with E-state index in [1.54, 1.807) is 24.3 Å². The van der Waals surface area contributed by atoms with Gasteiger partial charge in [0.1, 0.15) is 0 Å². The number of hydrogen-bond acceptors (Lipinski definition) is 1. The molecule has 2 rings (SSSR count). The molecule has 0 bridgehead atoms. The number of benzene rings is 2. The van der Waals surface area contributed by atoms with Crippen molar-refractivity contribution in [1.82, 2.24) is 0 Å². The average molecular weight is 278 g/mol. The number of aromatic carboxylic acids is 1. The van der Waals surface area contributed by atoms with Crippen LogP contribution in [0.3, 0.4) is 0 Å². The van der Waals surface area contributed by atoms with Crippen molar-refractivity contribution in [2.24, 2.45) is 0 Å². The van der Waals surface area contributed by atoms with Gasteiger partial charge in [0.15, 0.2) is 0 Å². The first-order valence-corrected chi connectivity index (χ1v) is 6.82. The topological polar surface area (TPSA) is 37.3 Å². The van der Waals surface area contributed by atoms with Gasteiger partial charge in [-0.1, -0.05) is 44.7 Å². The quantitative estimate of drug-likeness (QED) is 0.798. The van der Waals surface area contributed by atoms with E-state index in [-0.39, 0.29) is 11.0 Å². The highest BCUT2D eigenvalue weighted by atomic mass is 16.4. The number of carboxylic acid groups (broad SMARTS) is 1. The Morgan fingerprint density at radius 2 is 1.57 bits per heavy atom. The summed E-state index contributed by atoms with van der Waals surface area (Å²) in [7, 11) is 0. The zero-order chi connectivity index (χ0) is 15.5. The number of carboxylic acids is 1. The molecule has 2 aromatic rings. The molecule has 1 N–H and O–H groups in total. The molecule has 0 heterocycles. The molecule has 0 atom stereocenters. The molecule has 0 aromatic heterocycles. The van der Waals surface area contributed by atoms with Crippen molar-refractivity contribution in [3.8, 4) is 11.8 Å². The highest BCUT2D eigenvalue weighted by Gasteiger charge is 2.12. The Hall–Kier alpha value is -2.53. The van der Waals surface area contributed by atoms with Crippen LogP contribution >= 0.6 is 0 Å². The van der Waals surface area contributed by atoms with Crippen LogP contribution in [0, 0.1) is 11.8 Å². The molecule has 0 aliphatic carbocycles. The van der Waals surface area contributed by atoms with Crippen LogP contribution in [0.25, 0.3) is 0 Å². The summed E-state index contributed by atoms with van der Waals surface area (Å²) in [5.74, 6) is 5.26. The van der Waals surface area contributed by atoms with E-state index in [9.17, 15) is 4.79 Å². The molecule has 0 aliphatic rings. The summed E-state index contributed by atoms with van der Waals surface area (Å²) in [5.41, 5.74) is 3.39. The third-order valence-electron chi connectivity index (χ3n) is 3.21. The normalized spacial score (nSPS) is 10.6. The Bertz CT molecular complexity index is 708. The summed E-state index contributed by atoms with van der Waals surface area (Å²) in [6, 6.07) is 14.8. The average Bonchev–Trinajstić information content (AvgIpc) is 2.45. The van der Waals surface area contributed by atoms with Gasteiger partial charge in [-0.05, 0) is 47.4 Å². The first kappa shape index (κ1) is 14.9. The van der Waals surface area contributed by atoms with E-state index in [1.165, 1.54) is 5.56 Å². The third-order valence-corrected chi connectivity index (χ3v) is 3.21. The molecule has 0 aliphatic heterocycles. The summed E-state index contributed by atoms with van der Waals surface area (Å²) in [6.07, 6.45) is 0. The predicted octanol–water partition coefficient (Wildman–Crippen LogP) is 4.08.